The number of hydrogen-bond donors (Lipinski definition) is 1. The topological polar surface area (TPSA) is 24.9 Å². The van der Waals surface area contributed by atoms with Crippen molar-refractivity contribution in [3.63, 3.8) is 0 Å². The first-order valence-corrected chi connectivity index (χ1v) is 6.10. The average Bonchev–Trinajstić information content (AvgIpc) is 2.28. The summed E-state index contributed by atoms with van der Waals surface area (Å²) in [4.78, 5) is 4.01. The number of aromatic nitrogens is 1. The molecule has 0 bridgehead atoms. The molecule has 0 aliphatic carbocycles. The van der Waals surface area contributed by atoms with Crippen molar-refractivity contribution in [2.24, 2.45) is 0 Å². The predicted molar refractivity (Wildman–Crippen MR) is 70.7 cm³/mol. The minimum absolute atomic E-state index is 0.312. The number of anilines is 1. The van der Waals surface area contributed by atoms with Crippen LogP contribution in [0.4, 0.5) is 10.1 Å². The second-order valence-electron chi connectivity index (χ2n) is 3.48. The lowest BCUT2D eigenvalue weighted by Crippen LogP contribution is -2.02. The van der Waals surface area contributed by atoms with Gasteiger partial charge in [0, 0.05) is 27.8 Å². The van der Waals surface area contributed by atoms with Gasteiger partial charge in [-0.15, -0.1) is 0 Å². The fraction of sp³-hybridized carbons (Fsp3) is 0.0833. The molecule has 1 N–H and O–H groups in total. The van der Waals surface area contributed by atoms with Crippen molar-refractivity contribution in [3.05, 3.63) is 57.5 Å². The van der Waals surface area contributed by atoms with Crippen LogP contribution in [0.2, 0.25) is 5.02 Å². The van der Waals surface area contributed by atoms with Crippen LogP contribution in [0.15, 0.2) is 41.1 Å². The molecule has 0 saturated carbocycles. The van der Waals surface area contributed by atoms with Crippen LogP contribution in [0, 0.1) is 5.82 Å². The van der Waals surface area contributed by atoms with Gasteiger partial charge in [0.25, 0.3) is 0 Å². The molecule has 1 aromatic heterocycles. The average molecular weight is 316 g/mol. The van der Waals surface area contributed by atoms with Crippen LogP contribution >= 0.6 is 27.5 Å². The summed E-state index contributed by atoms with van der Waals surface area (Å²) in [6, 6.07) is 6.51. The Balaban J connectivity index is 2.07. The van der Waals surface area contributed by atoms with E-state index in [0.29, 0.717) is 17.1 Å². The van der Waals surface area contributed by atoms with Gasteiger partial charge in [-0.1, -0.05) is 17.7 Å². The Hall–Kier alpha value is -1.13. The molecule has 17 heavy (non-hydrogen) atoms. The third-order valence-electron chi connectivity index (χ3n) is 2.20. The normalized spacial score (nSPS) is 10.3. The van der Waals surface area contributed by atoms with E-state index in [4.69, 9.17) is 11.6 Å². The van der Waals surface area contributed by atoms with Crippen LogP contribution in [0.1, 0.15) is 5.56 Å². The summed E-state index contributed by atoms with van der Waals surface area (Å²) >= 11 is 9.00. The molecule has 0 fully saturated rings. The molecule has 0 unspecified atom stereocenters. The Bertz CT molecular complexity index is 534. The quantitative estimate of drug-likeness (QED) is 0.916. The maximum atomic E-state index is 13.5. The van der Waals surface area contributed by atoms with Crippen molar-refractivity contribution in [1.82, 2.24) is 4.98 Å². The maximum absolute atomic E-state index is 13.5. The first-order chi connectivity index (χ1) is 8.15. The highest BCUT2D eigenvalue weighted by Gasteiger charge is 2.03. The van der Waals surface area contributed by atoms with Gasteiger partial charge in [-0.2, -0.15) is 0 Å². The molecule has 0 aliphatic heterocycles. The SMILES string of the molecule is Fc1cc(Cl)ccc1CNc1cncc(Br)c1. The molecule has 0 spiro atoms. The van der Waals surface area contributed by atoms with Crippen LogP contribution in [0.25, 0.3) is 0 Å². The molecule has 0 aliphatic rings. The highest BCUT2D eigenvalue weighted by molar-refractivity contribution is 9.10. The van der Waals surface area contributed by atoms with Crippen LogP contribution in [-0.4, -0.2) is 4.98 Å². The van der Waals surface area contributed by atoms with Crippen LogP contribution in [-0.2, 0) is 6.54 Å². The third-order valence-corrected chi connectivity index (χ3v) is 2.87. The van der Waals surface area contributed by atoms with E-state index in [1.807, 2.05) is 6.07 Å². The fourth-order valence-corrected chi connectivity index (χ4v) is 1.89. The molecular formula is C12H9BrClFN2. The Morgan fingerprint density at radius 2 is 2.12 bits per heavy atom. The lowest BCUT2D eigenvalue weighted by Gasteiger charge is -2.07. The zero-order chi connectivity index (χ0) is 12.3. The van der Waals surface area contributed by atoms with E-state index in [-0.39, 0.29) is 5.82 Å². The van der Waals surface area contributed by atoms with Gasteiger partial charge in [-0.3, -0.25) is 4.98 Å². The second-order valence-corrected chi connectivity index (χ2v) is 4.83. The van der Waals surface area contributed by atoms with E-state index in [1.165, 1.54) is 6.07 Å². The summed E-state index contributed by atoms with van der Waals surface area (Å²) in [5.41, 5.74) is 1.39. The van der Waals surface area contributed by atoms with E-state index in [9.17, 15) is 4.39 Å². The molecule has 0 saturated heterocycles. The highest BCUT2D eigenvalue weighted by atomic mass is 79.9. The van der Waals surface area contributed by atoms with Crippen LogP contribution in [0.3, 0.4) is 0 Å². The monoisotopic (exact) mass is 314 g/mol. The largest absolute Gasteiger partial charge is 0.380 e. The lowest BCUT2D eigenvalue weighted by molar-refractivity contribution is 0.613. The molecule has 2 nitrogen and oxygen atoms in total. The van der Waals surface area contributed by atoms with Crippen molar-refractivity contribution in [2.45, 2.75) is 6.54 Å². The van der Waals surface area contributed by atoms with Gasteiger partial charge in [0.1, 0.15) is 5.82 Å². The van der Waals surface area contributed by atoms with Crippen LogP contribution in [0.5, 0.6) is 0 Å². The number of hydrogen-bond acceptors (Lipinski definition) is 2. The molecular weight excluding hydrogens is 307 g/mol. The molecule has 5 heteroatoms. The van der Waals surface area contributed by atoms with Gasteiger partial charge in [0.15, 0.2) is 0 Å². The summed E-state index contributed by atoms with van der Waals surface area (Å²) < 4.78 is 14.4. The van der Waals surface area contributed by atoms with Crippen molar-refractivity contribution < 1.29 is 4.39 Å². The Kier molecular flexibility index (Phi) is 3.97. The molecule has 2 aromatic rings. The highest BCUT2D eigenvalue weighted by Crippen LogP contribution is 2.17. The minimum Gasteiger partial charge on any atom is -0.380 e. The third kappa shape index (κ3) is 3.41. The van der Waals surface area contributed by atoms with Gasteiger partial charge in [0.2, 0.25) is 0 Å². The summed E-state index contributed by atoms with van der Waals surface area (Å²) in [7, 11) is 0. The van der Waals surface area contributed by atoms with Gasteiger partial charge < -0.3 is 5.32 Å². The summed E-state index contributed by atoms with van der Waals surface area (Å²) in [6.07, 6.45) is 3.37. The summed E-state index contributed by atoms with van der Waals surface area (Å²) in [6.45, 7) is 0.390. The van der Waals surface area contributed by atoms with E-state index in [0.717, 1.165) is 10.2 Å². The van der Waals surface area contributed by atoms with Gasteiger partial charge in [-0.05, 0) is 34.1 Å². The number of benzene rings is 1. The molecule has 0 amide bonds. The Morgan fingerprint density at radius 1 is 1.29 bits per heavy atom. The van der Waals surface area contributed by atoms with Crippen LogP contribution < -0.4 is 5.32 Å². The Labute approximate surface area is 112 Å². The number of rotatable bonds is 3. The maximum Gasteiger partial charge on any atom is 0.129 e. The predicted octanol–water partition coefficient (Wildman–Crippen LogP) is 4.25. The van der Waals surface area contributed by atoms with Gasteiger partial charge in [0.05, 0.1) is 11.9 Å². The minimum atomic E-state index is -0.312. The molecule has 88 valence electrons. The molecule has 0 atom stereocenters. The Morgan fingerprint density at radius 3 is 2.82 bits per heavy atom. The molecule has 1 heterocycles. The fourth-order valence-electron chi connectivity index (χ4n) is 1.37. The van der Waals surface area contributed by atoms with Crippen molar-refractivity contribution in [3.8, 4) is 0 Å². The summed E-state index contributed by atoms with van der Waals surface area (Å²) in [5.74, 6) is -0.312. The smallest absolute Gasteiger partial charge is 0.129 e. The van der Waals surface area contributed by atoms with Crippen molar-refractivity contribution >= 4 is 33.2 Å². The first kappa shape index (κ1) is 12.3. The lowest BCUT2D eigenvalue weighted by atomic mass is 10.2. The van der Waals surface area contributed by atoms with E-state index >= 15 is 0 Å². The molecule has 1 aromatic carbocycles. The van der Waals surface area contributed by atoms with Gasteiger partial charge in [-0.25, -0.2) is 4.39 Å². The number of pyridine rings is 1. The van der Waals surface area contributed by atoms with Crippen molar-refractivity contribution in [2.75, 3.05) is 5.32 Å². The molecule has 0 radical (unpaired) electrons. The van der Waals surface area contributed by atoms with E-state index < -0.39 is 0 Å². The second kappa shape index (κ2) is 5.47. The zero-order valence-corrected chi connectivity index (χ0v) is 11.1. The molecule has 2 rings (SSSR count). The number of nitrogens with zero attached hydrogens (tertiary/aromatic N) is 1. The van der Waals surface area contributed by atoms with E-state index in [1.54, 1.807) is 24.5 Å². The summed E-state index contributed by atoms with van der Waals surface area (Å²) in [5, 5.41) is 3.48. The zero-order valence-electron chi connectivity index (χ0n) is 8.75. The standard InChI is InChI=1S/C12H9BrClFN2/c13-9-3-11(7-16-6-9)17-5-8-1-2-10(14)4-12(8)15/h1-4,6-7,17H,5H2. The first-order valence-electron chi connectivity index (χ1n) is 4.93. The van der Waals surface area contributed by atoms with E-state index in [2.05, 4.69) is 26.2 Å². The van der Waals surface area contributed by atoms with Crippen molar-refractivity contribution in [1.29, 1.82) is 0 Å². The van der Waals surface area contributed by atoms with Gasteiger partial charge >= 0.3 is 0 Å². The number of halogens is 3. The number of nitrogens with one attached hydrogen (secondary N) is 1.